The third-order valence-electron chi connectivity index (χ3n) is 3.06. The highest BCUT2D eigenvalue weighted by Crippen LogP contribution is 2.22. The van der Waals surface area contributed by atoms with Gasteiger partial charge in [-0.3, -0.25) is 0 Å². The molecule has 0 aliphatic heterocycles. The number of benzene rings is 2. The van der Waals surface area contributed by atoms with Gasteiger partial charge in [0, 0.05) is 11.6 Å². The lowest BCUT2D eigenvalue weighted by atomic mass is 10.1. The molecule has 108 valence electrons. The van der Waals surface area contributed by atoms with Crippen molar-refractivity contribution in [3.8, 4) is 11.5 Å². The maximum absolute atomic E-state index is 12.5. The molecule has 2 aromatic carbocycles. The minimum Gasteiger partial charge on any atom is -0.497 e. The van der Waals surface area contributed by atoms with Crippen LogP contribution in [0.4, 0.5) is 0 Å². The molecule has 0 saturated heterocycles. The second-order valence-corrected chi connectivity index (χ2v) is 4.56. The summed E-state index contributed by atoms with van der Waals surface area (Å²) in [6.45, 7) is 0. The van der Waals surface area contributed by atoms with Crippen LogP contribution in [0, 0.1) is 0 Å². The van der Waals surface area contributed by atoms with Crippen LogP contribution in [0.15, 0.2) is 48.5 Å². The first kappa shape index (κ1) is 14.8. The number of carbonyl (C=O) groups is 1. The second kappa shape index (κ2) is 6.70. The van der Waals surface area contributed by atoms with Crippen molar-refractivity contribution in [2.24, 2.45) is 0 Å². The van der Waals surface area contributed by atoms with Crippen molar-refractivity contribution >= 4 is 12.1 Å². The molecule has 0 spiro atoms. The van der Waals surface area contributed by atoms with Gasteiger partial charge in [-0.1, -0.05) is 18.2 Å². The van der Waals surface area contributed by atoms with Crippen LogP contribution in [-0.2, 0) is 0 Å². The highest BCUT2D eigenvalue weighted by molar-refractivity contribution is 5.92. The van der Waals surface area contributed by atoms with Gasteiger partial charge in [-0.15, -0.1) is 0 Å². The summed E-state index contributed by atoms with van der Waals surface area (Å²) in [6.07, 6.45) is 1.79. The summed E-state index contributed by atoms with van der Waals surface area (Å²) >= 11 is 0. The van der Waals surface area contributed by atoms with Gasteiger partial charge in [0.05, 0.1) is 19.8 Å². The first-order valence-electron chi connectivity index (χ1n) is 6.54. The molecule has 0 aliphatic carbocycles. The van der Waals surface area contributed by atoms with E-state index < -0.39 is 0 Å². The Kier molecular flexibility index (Phi) is 4.72. The Hall–Kier alpha value is -2.62. The van der Waals surface area contributed by atoms with E-state index in [9.17, 15) is 4.79 Å². The molecule has 0 aromatic heterocycles. The maximum atomic E-state index is 12.5. The number of methoxy groups -OCH3 is 2. The Balaban J connectivity index is 2.33. The van der Waals surface area contributed by atoms with Crippen LogP contribution in [0.1, 0.15) is 15.9 Å². The van der Waals surface area contributed by atoms with Gasteiger partial charge in [-0.25, -0.2) is 4.79 Å². The molecular weight excluding hydrogens is 266 g/mol. The molecule has 0 unspecified atom stereocenters. The molecule has 2 rings (SSSR count). The highest BCUT2D eigenvalue weighted by Gasteiger charge is 2.18. The predicted molar refractivity (Wildman–Crippen MR) is 81.7 cm³/mol. The third kappa shape index (κ3) is 3.69. The Labute approximate surface area is 124 Å². The Bertz CT molecular complexity index is 641. The van der Waals surface area contributed by atoms with E-state index >= 15 is 0 Å². The van der Waals surface area contributed by atoms with E-state index in [1.807, 2.05) is 30.3 Å². The van der Waals surface area contributed by atoms with Crippen molar-refractivity contribution < 1.29 is 18.8 Å². The number of hydrogen-bond donors (Lipinski definition) is 0. The first-order chi connectivity index (χ1) is 10.1. The van der Waals surface area contributed by atoms with Crippen LogP contribution < -0.4 is 9.47 Å². The molecule has 0 N–H and O–H groups in total. The molecule has 0 radical (unpaired) electrons. The number of carbonyl (C=O) groups excluding carboxylic acids is 1. The van der Waals surface area contributed by atoms with Gasteiger partial charge in [0.2, 0.25) is 0 Å². The SMILES string of the molecule is COc1cc(OC)cc(C(=O)[N+](C)=Cc2ccccc2)c1. The molecule has 2 aromatic rings. The number of amides is 1. The summed E-state index contributed by atoms with van der Waals surface area (Å²) in [7, 11) is 4.84. The van der Waals surface area contributed by atoms with E-state index in [0.717, 1.165) is 5.56 Å². The number of ether oxygens (including phenoxy) is 2. The number of hydrogen-bond acceptors (Lipinski definition) is 3. The van der Waals surface area contributed by atoms with E-state index in [0.29, 0.717) is 17.1 Å². The lowest BCUT2D eigenvalue weighted by molar-refractivity contribution is -0.388. The fourth-order valence-corrected chi connectivity index (χ4v) is 1.96. The van der Waals surface area contributed by atoms with E-state index in [-0.39, 0.29) is 5.91 Å². The predicted octanol–water partition coefficient (Wildman–Crippen LogP) is 2.61. The average molecular weight is 284 g/mol. The fraction of sp³-hybridized carbons (Fsp3) is 0.176. The monoisotopic (exact) mass is 284 g/mol. The molecule has 1 amide bonds. The van der Waals surface area contributed by atoms with E-state index in [1.165, 1.54) is 0 Å². The summed E-state index contributed by atoms with van der Waals surface area (Å²) in [6, 6.07) is 14.8. The molecule has 0 atom stereocenters. The van der Waals surface area contributed by atoms with Crippen LogP contribution in [-0.4, -0.2) is 38.0 Å². The quantitative estimate of drug-likeness (QED) is 0.640. The minimum atomic E-state index is -0.129. The van der Waals surface area contributed by atoms with Crippen LogP contribution in [0.3, 0.4) is 0 Å². The van der Waals surface area contributed by atoms with Crippen LogP contribution in [0.5, 0.6) is 11.5 Å². The summed E-state index contributed by atoms with van der Waals surface area (Å²) in [5, 5.41) is 0. The fourth-order valence-electron chi connectivity index (χ4n) is 1.96. The Morgan fingerprint density at radius 3 is 2.10 bits per heavy atom. The van der Waals surface area contributed by atoms with E-state index in [1.54, 1.807) is 50.3 Å². The summed E-state index contributed by atoms with van der Waals surface area (Å²) < 4.78 is 11.9. The number of rotatable bonds is 4. The molecule has 0 bridgehead atoms. The maximum Gasteiger partial charge on any atom is 0.419 e. The normalized spacial score (nSPS) is 11.1. The van der Waals surface area contributed by atoms with Gasteiger partial charge in [-0.05, 0) is 24.3 Å². The zero-order chi connectivity index (χ0) is 15.2. The second-order valence-electron chi connectivity index (χ2n) is 4.56. The molecular formula is C17H18NO3+. The van der Waals surface area contributed by atoms with Crippen molar-refractivity contribution in [1.29, 1.82) is 0 Å². The van der Waals surface area contributed by atoms with E-state index in [4.69, 9.17) is 9.47 Å². The minimum absolute atomic E-state index is 0.129. The van der Waals surface area contributed by atoms with Gasteiger partial charge in [-0.2, -0.15) is 4.58 Å². The van der Waals surface area contributed by atoms with Crippen LogP contribution in [0.25, 0.3) is 0 Å². The number of nitrogens with zero attached hydrogens (tertiary/aromatic N) is 1. The smallest absolute Gasteiger partial charge is 0.419 e. The van der Waals surface area contributed by atoms with Crippen molar-refractivity contribution in [2.45, 2.75) is 0 Å². The van der Waals surface area contributed by atoms with Crippen molar-refractivity contribution in [3.63, 3.8) is 0 Å². The Morgan fingerprint density at radius 1 is 1.00 bits per heavy atom. The molecule has 0 fully saturated rings. The van der Waals surface area contributed by atoms with Gasteiger partial charge in [0.15, 0.2) is 6.21 Å². The van der Waals surface area contributed by atoms with Gasteiger partial charge in [0.1, 0.15) is 18.5 Å². The molecule has 0 saturated carbocycles. The highest BCUT2D eigenvalue weighted by atomic mass is 16.5. The topological polar surface area (TPSA) is 38.5 Å². The average Bonchev–Trinajstić information content (AvgIpc) is 2.54. The van der Waals surface area contributed by atoms with Crippen molar-refractivity contribution in [2.75, 3.05) is 21.3 Å². The third-order valence-corrected chi connectivity index (χ3v) is 3.06. The first-order valence-corrected chi connectivity index (χ1v) is 6.54. The van der Waals surface area contributed by atoms with Gasteiger partial charge >= 0.3 is 5.91 Å². The Morgan fingerprint density at radius 2 is 1.57 bits per heavy atom. The zero-order valence-corrected chi connectivity index (χ0v) is 12.4. The van der Waals surface area contributed by atoms with Gasteiger partial charge in [0.25, 0.3) is 0 Å². The van der Waals surface area contributed by atoms with Crippen molar-refractivity contribution in [3.05, 3.63) is 59.7 Å². The molecule has 0 heterocycles. The zero-order valence-electron chi connectivity index (χ0n) is 12.4. The largest absolute Gasteiger partial charge is 0.497 e. The van der Waals surface area contributed by atoms with Gasteiger partial charge < -0.3 is 9.47 Å². The molecule has 4 heteroatoms. The molecule has 21 heavy (non-hydrogen) atoms. The molecule has 0 aliphatic rings. The summed E-state index contributed by atoms with van der Waals surface area (Å²) in [5.74, 6) is 1.05. The standard InChI is InChI=1S/C17H18NO3/c1-18(12-13-7-5-4-6-8-13)17(19)14-9-15(20-2)11-16(10-14)21-3/h4-12H,1-3H3/q+1. The lowest BCUT2D eigenvalue weighted by Gasteiger charge is -2.05. The lowest BCUT2D eigenvalue weighted by Crippen LogP contribution is -2.18. The summed E-state index contributed by atoms with van der Waals surface area (Å²) in [5.41, 5.74) is 1.48. The van der Waals surface area contributed by atoms with E-state index in [2.05, 4.69) is 0 Å². The molecule has 4 nitrogen and oxygen atoms in total. The van der Waals surface area contributed by atoms with Crippen LogP contribution >= 0.6 is 0 Å². The van der Waals surface area contributed by atoms with Crippen LogP contribution in [0.2, 0.25) is 0 Å². The summed E-state index contributed by atoms with van der Waals surface area (Å²) in [4.78, 5) is 12.5. The van der Waals surface area contributed by atoms with Crippen molar-refractivity contribution in [1.82, 2.24) is 0 Å².